The summed E-state index contributed by atoms with van der Waals surface area (Å²) in [4.78, 5) is 27.5. The number of likely N-dealkylation sites (tertiary alicyclic amines) is 1. The number of aromatic nitrogens is 2. The topological polar surface area (TPSA) is 78.7 Å². The third-order valence-electron chi connectivity index (χ3n) is 5.84. The number of benzene rings is 1. The van der Waals surface area contributed by atoms with Crippen molar-refractivity contribution in [1.29, 1.82) is 0 Å². The molecule has 162 valence electrons. The van der Waals surface area contributed by atoms with Gasteiger partial charge in [0, 0.05) is 41.8 Å². The van der Waals surface area contributed by atoms with Crippen LogP contribution in [0.15, 0.2) is 42.0 Å². The highest BCUT2D eigenvalue weighted by atomic mass is 32.1. The molecular weight excluding hydrogens is 431 g/mol. The van der Waals surface area contributed by atoms with E-state index in [0.29, 0.717) is 18.7 Å². The summed E-state index contributed by atoms with van der Waals surface area (Å²) in [5.41, 5.74) is -0.126. The Labute approximate surface area is 178 Å². The fourth-order valence-corrected chi connectivity index (χ4v) is 5.21. The zero-order valence-electron chi connectivity index (χ0n) is 16.1. The lowest BCUT2D eigenvalue weighted by Gasteiger charge is -2.58. The molecule has 2 fully saturated rings. The van der Waals surface area contributed by atoms with E-state index in [1.54, 1.807) is 21.8 Å². The van der Waals surface area contributed by atoms with Gasteiger partial charge in [-0.2, -0.15) is 18.3 Å². The number of fused-ring (bicyclic) bond motifs is 1. The van der Waals surface area contributed by atoms with Gasteiger partial charge < -0.3 is 15.5 Å². The molecule has 2 aromatic heterocycles. The normalized spacial score (nSPS) is 18.0. The van der Waals surface area contributed by atoms with Crippen molar-refractivity contribution in [3.8, 4) is 0 Å². The monoisotopic (exact) mass is 449 g/mol. The van der Waals surface area contributed by atoms with E-state index in [9.17, 15) is 22.8 Å². The van der Waals surface area contributed by atoms with Gasteiger partial charge in [-0.1, -0.05) is 6.07 Å². The maximum atomic E-state index is 12.8. The van der Waals surface area contributed by atoms with Crippen LogP contribution in [0.2, 0.25) is 0 Å². The van der Waals surface area contributed by atoms with Gasteiger partial charge in [0.2, 0.25) is 0 Å². The van der Waals surface area contributed by atoms with E-state index < -0.39 is 17.8 Å². The molecule has 3 heterocycles. The molecule has 1 spiro atoms. The number of thiazole rings is 1. The first kappa shape index (κ1) is 19.9. The van der Waals surface area contributed by atoms with Crippen molar-refractivity contribution >= 4 is 33.8 Å². The molecule has 0 radical (unpaired) electrons. The fourth-order valence-electron chi connectivity index (χ4n) is 4.42. The SMILES string of the molecule is O=C(Nc1cccc(C(F)(F)F)c1)NC1CC2(C1)CN(C(=O)c1cnn3ccsc13)C2. The van der Waals surface area contributed by atoms with Gasteiger partial charge in [-0.15, -0.1) is 11.3 Å². The molecule has 0 atom stereocenters. The molecule has 0 unspecified atom stereocenters. The summed E-state index contributed by atoms with van der Waals surface area (Å²) >= 11 is 1.47. The summed E-state index contributed by atoms with van der Waals surface area (Å²) in [6.07, 6.45) is 0.391. The Hall–Kier alpha value is -3.08. The van der Waals surface area contributed by atoms with Crippen molar-refractivity contribution in [3.05, 3.63) is 53.2 Å². The second kappa shape index (κ2) is 6.98. The number of hydrogen-bond acceptors (Lipinski definition) is 4. The second-order valence-electron chi connectivity index (χ2n) is 8.15. The highest BCUT2D eigenvalue weighted by molar-refractivity contribution is 7.15. The van der Waals surface area contributed by atoms with Gasteiger partial charge in [0.15, 0.2) is 0 Å². The van der Waals surface area contributed by atoms with Crippen LogP contribution in [0.3, 0.4) is 0 Å². The lowest BCUT2D eigenvalue weighted by Crippen LogP contribution is -2.67. The minimum atomic E-state index is -4.46. The van der Waals surface area contributed by atoms with Crippen molar-refractivity contribution in [2.45, 2.75) is 25.1 Å². The van der Waals surface area contributed by atoms with Crippen LogP contribution in [-0.2, 0) is 6.18 Å². The molecule has 5 rings (SSSR count). The lowest BCUT2D eigenvalue weighted by molar-refractivity contribution is -0.137. The molecule has 1 aromatic carbocycles. The number of hydrogen-bond donors (Lipinski definition) is 2. The first-order valence-corrected chi connectivity index (χ1v) is 10.6. The Morgan fingerprint density at radius 3 is 2.74 bits per heavy atom. The van der Waals surface area contributed by atoms with Crippen LogP contribution >= 0.6 is 11.3 Å². The predicted molar refractivity (Wildman–Crippen MR) is 108 cm³/mol. The molecule has 2 N–H and O–H groups in total. The zero-order valence-corrected chi connectivity index (χ0v) is 17.0. The average molecular weight is 449 g/mol. The summed E-state index contributed by atoms with van der Waals surface area (Å²) in [6, 6.07) is 3.92. The number of anilines is 1. The Morgan fingerprint density at radius 2 is 2.00 bits per heavy atom. The second-order valence-corrected chi connectivity index (χ2v) is 9.05. The Morgan fingerprint density at radius 1 is 1.23 bits per heavy atom. The van der Waals surface area contributed by atoms with Crippen LogP contribution in [0.4, 0.5) is 23.7 Å². The van der Waals surface area contributed by atoms with Gasteiger partial charge in [0.05, 0.1) is 17.3 Å². The van der Waals surface area contributed by atoms with E-state index >= 15 is 0 Å². The molecule has 3 amide bonds. The van der Waals surface area contributed by atoms with Crippen molar-refractivity contribution < 1.29 is 22.8 Å². The van der Waals surface area contributed by atoms with E-state index in [1.807, 2.05) is 5.38 Å². The summed E-state index contributed by atoms with van der Waals surface area (Å²) in [7, 11) is 0. The fraction of sp³-hybridized carbons (Fsp3) is 0.350. The van der Waals surface area contributed by atoms with Crippen LogP contribution in [-0.4, -0.2) is 45.6 Å². The summed E-state index contributed by atoms with van der Waals surface area (Å²) in [5, 5.41) is 11.3. The molecule has 2 aliphatic rings. The van der Waals surface area contributed by atoms with Gasteiger partial charge in [0.25, 0.3) is 5.91 Å². The maximum Gasteiger partial charge on any atom is 0.416 e. The van der Waals surface area contributed by atoms with Gasteiger partial charge in [-0.3, -0.25) is 4.79 Å². The van der Waals surface area contributed by atoms with Gasteiger partial charge in [-0.05, 0) is 31.0 Å². The van der Waals surface area contributed by atoms with E-state index in [4.69, 9.17) is 0 Å². The highest BCUT2D eigenvalue weighted by Gasteiger charge is 2.54. The third kappa shape index (κ3) is 3.62. The Balaban J connectivity index is 1.11. The number of carbonyl (C=O) groups is 2. The Bertz CT molecular complexity index is 1160. The maximum absolute atomic E-state index is 12.8. The molecule has 1 aliphatic carbocycles. The van der Waals surface area contributed by atoms with E-state index in [0.717, 1.165) is 29.8 Å². The molecule has 1 saturated heterocycles. The van der Waals surface area contributed by atoms with E-state index in [1.165, 1.54) is 23.5 Å². The molecule has 3 aromatic rings. The number of amides is 3. The summed E-state index contributed by atoms with van der Waals surface area (Å²) in [5.74, 6) is -0.0400. The minimum absolute atomic E-state index is 0.00549. The smallest absolute Gasteiger partial charge is 0.337 e. The molecule has 0 bridgehead atoms. The molecule has 1 saturated carbocycles. The van der Waals surface area contributed by atoms with E-state index in [-0.39, 0.29) is 23.1 Å². The van der Waals surface area contributed by atoms with Crippen molar-refractivity contribution in [2.75, 3.05) is 18.4 Å². The molecule has 1 aliphatic heterocycles. The summed E-state index contributed by atoms with van der Waals surface area (Å²) < 4.78 is 40.0. The van der Waals surface area contributed by atoms with E-state index in [2.05, 4.69) is 15.7 Å². The van der Waals surface area contributed by atoms with Crippen molar-refractivity contribution in [2.24, 2.45) is 5.41 Å². The number of halogens is 3. The quantitative estimate of drug-likeness (QED) is 0.638. The minimum Gasteiger partial charge on any atom is -0.337 e. The molecule has 11 heteroatoms. The van der Waals surface area contributed by atoms with Gasteiger partial charge >= 0.3 is 12.2 Å². The standard InChI is InChI=1S/C20H18F3N5O2S/c21-20(22,23)12-2-1-3-13(6-12)25-18(30)26-14-7-19(8-14)10-27(11-19)16(29)15-9-24-28-4-5-31-17(15)28/h1-6,9,14H,7-8,10-11H2,(H2,25,26,30). The van der Waals surface area contributed by atoms with Crippen molar-refractivity contribution in [3.63, 3.8) is 0 Å². The molecule has 31 heavy (non-hydrogen) atoms. The largest absolute Gasteiger partial charge is 0.416 e. The first-order valence-electron chi connectivity index (χ1n) is 9.67. The van der Waals surface area contributed by atoms with Crippen LogP contribution in [0.5, 0.6) is 0 Å². The van der Waals surface area contributed by atoms with Gasteiger partial charge in [0.1, 0.15) is 4.83 Å². The highest BCUT2D eigenvalue weighted by Crippen LogP contribution is 2.48. The number of alkyl halides is 3. The summed E-state index contributed by atoms with van der Waals surface area (Å²) in [6.45, 7) is 1.25. The van der Waals surface area contributed by atoms with Crippen LogP contribution in [0.1, 0.15) is 28.8 Å². The van der Waals surface area contributed by atoms with Gasteiger partial charge in [-0.25, -0.2) is 9.31 Å². The molecular formula is C20H18F3N5O2S. The number of carbonyl (C=O) groups excluding carboxylic acids is 2. The Kier molecular flexibility index (Phi) is 4.47. The average Bonchev–Trinajstić information content (AvgIpc) is 3.25. The predicted octanol–water partition coefficient (Wildman–Crippen LogP) is 3.84. The lowest BCUT2D eigenvalue weighted by atomic mass is 9.60. The first-order chi connectivity index (χ1) is 14.7. The number of rotatable bonds is 3. The van der Waals surface area contributed by atoms with Crippen molar-refractivity contribution in [1.82, 2.24) is 19.8 Å². The number of nitrogens with zero attached hydrogens (tertiary/aromatic N) is 3. The third-order valence-corrected chi connectivity index (χ3v) is 6.73. The zero-order chi connectivity index (χ0) is 21.8. The molecule has 7 nitrogen and oxygen atoms in total. The number of nitrogens with one attached hydrogen (secondary N) is 2. The number of urea groups is 1. The van der Waals surface area contributed by atoms with Crippen LogP contribution in [0.25, 0.3) is 4.83 Å². The van der Waals surface area contributed by atoms with Crippen LogP contribution in [0, 0.1) is 5.41 Å². The van der Waals surface area contributed by atoms with Crippen LogP contribution < -0.4 is 10.6 Å².